The first-order chi connectivity index (χ1) is 6.56. The second-order valence-electron chi connectivity index (χ2n) is 2.61. The number of halogens is 1. The van der Waals surface area contributed by atoms with Gasteiger partial charge < -0.3 is 10.5 Å². The van der Waals surface area contributed by atoms with E-state index >= 15 is 0 Å². The summed E-state index contributed by atoms with van der Waals surface area (Å²) < 4.78 is 6.61. The molecule has 0 fully saturated rings. The molecule has 0 aromatic carbocycles. The highest BCUT2D eigenvalue weighted by Gasteiger charge is 2.20. The van der Waals surface area contributed by atoms with Gasteiger partial charge in [0.25, 0.3) is 0 Å². The molecule has 0 aliphatic carbocycles. The van der Waals surface area contributed by atoms with Gasteiger partial charge in [-0.15, -0.1) is 5.10 Å². The molecular weight excluding hydrogens is 252 g/mol. The number of nitrogen functional groups attached to an aromatic ring is 1. The van der Waals surface area contributed by atoms with Crippen LogP contribution in [0.15, 0.2) is 4.73 Å². The van der Waals surface area contributed by atoms with Crippen molar-refractivity contribution in [2.45, 2.75) is 19.9 Å². The van der Waals surface area contributed by atoms with E-state index in [-0.39, 0.29) is 11.9 Å². The van der Waals surface area contributed by atoms with E-state index in [4.69, 9.17) is 10.5 Å². The van der Waals surface area contributed by atoms with Crippen LogP contribution in [0.5, 0.6) is 0 Å². The van der Waals surface area contributed by atoms with E-state index in [2.05, 4.69) is 26.0 Å². The van der Waals surface area contributed by atoms with Crippen molar-refractivity contribution in [3.8, 4) is 0 Å². The third-order valence-corrected chi connectivity index (χ3v) is 2.14. The Hall–Kier alpha value is -1.11. The van der Waals surface area contributed by atoms with E-state index in [1.165, 1.54) is 4.68 Å². The van der Waals surface area contributed by atoms with Crippen LogP contribution in [-0.4, -0.2) is 27.3 Å². The number of ether oxygens (including phenoxy) is 1. The summed E-state index contributed by atoms with van der Waals surface area (Å²) in [5.41, 5.74) is 5.37. The predicted molar refractivity (Wildman–Crippen MR) is 53.5 cm³/mol. The summed E-state index contributed by atoms with van der Waals surface area (Å²) in [6.45, 7) is 3.75. The monoisotopic (exact) mass is 262 g/mol. The van der Waals surface area contributed by atoms with Crippen molar-refractivity contribution in [1.82, 2.24) is 14.8 Å². The lowest BCUT2D eigenvalue weighted by molar-refractivity contribution is -0.146. The van der Waals surface area contributed by atoms with E-state index in [1.54, 1.807) is 13.8 Å². The second-order valence-corrected chi connectivity index (χ2v) is 3.32. The minimum atomic E-state index is -0.533. The Labute approximate surface area is 89.6 Å². The highest BCUT2D eigenvalue weighted by atomic mass is 79.9. The molecule has 0 aliphatic rings. The number of anilines is 1. The molecule has 0 amide bonds. The van der Waals surface area contributed by atoms with E-state index < -0.39 is 6.04 Å². The number of carbonyl (C=O) groups is 1. The summed E-state index contributed by atoms with van der Waals surface area (Å²) in [5, 5.41) is 3.85. The summed E-state index contributed by atoms with van der Waals surface area (Å²) in [7, 11) is 0. The van der Waals surface area contributed by atoms with Gasteiger partial charge in [0.15, 0.2) is 4.73 Å². The van der Waals surface area contributed by atoms with Gasteiger partial charge in [-0.1, -0.05) is 0 Å². The molecule has 1 atom stereocenters. The molecule has 7 heteroatoms. The van der Waals surface area contributed by atoms with Gasteiger partial charge in [0.2, 0.25) is 5.95 Å². The predicted octanol–water partition coefficient (Wildman–Crippen LogP) is 0.747. The van der Waals surface area contributed by atoms with Crippen LogP contribution in [0.2, 0.25) is 0 Å². The second kappa shape index (κ2) is 4.41. The van der Waals surface area contributed by atoms with Crippen LogP contribution >= 0.6 is 15.9 Å². The van der Waals surface area contributed by atoms with E-state index in [9.17, 15) is 4.79 Å². The van der Waals surface area contributed by atoms with Gasteiger partial charge in [0.1, 0.15) is 6.04 Å². The van der Waals surface area contributed by atoms with Gasteiger partial charge in [-0.2, -0.15) is 4.98 Å². The number of nitrogens with zero attached hydrogens (tertiary/aromatic N) is 3. The molecule has 1 unspecified atom stereocenters. The van der Waals surface area contributed by atoms with Crippen LogP contribution < -0.4 is 5.73 Å². The summed E-state index contributed by atoms with van der Waals surface area (Å²) in [4.78, 5) is 15.1. The maximum atomic E-state index is 11.3. The molecular formula is C7H11BrN4O2. The van der Waals surface area contributed by atoms with Crippen molar-refractivity contribution >= 4 is 27.8 Å². The minimum absolute atomic E-state index is 0.119. The van der Waals surface area contributed by atoms with Crippen molar-refractivity contribution in [2.24, 2.45) is 0 Å². The van der Waals surface area contributed by atoms with Gasteiger partial charge in [0.05, 0.1) is 6.61 Å². The Balaban J connectivity index is 2.83. The molecule has 0 bridgehead atoms. The third kappa shape index (κ3) is 2.22. The molecule has 0 saturated heterocycles. The first-order valence-electron chi connectivity index (χ1n) is 4.10. The van der Waals surface area contributed by atoms with E-state index in [1.807, 2.05) is 0 Å². The average Bonchev–Trinajstić information content (AvgIpc) is 2.44. The lowest BCUT2D eigenvalue weighted by Gasteiger charge is -2.10. The molecule has 0 aliphatic heterocycles. The van der Waals surface area contributed by atoms with Gasteiger partial charge in [-0.3, -0.25) is 0 Å². The van der Waals surface area contributed by atoms with Crippen LogP contribution in [0.25, 0.3) is 0 Å². The Morgan fingerprint density at radius 3 is 2.86 bits per heavy atom. The lowest BCUT2D eigenvalue weighted by Crippen LogP contribution is -2.20. The van der Waals surface area contributed by atoms with Crippen molar-refractivity contribution in [3.63, 3.8) is 0 Å². The van der Waals surface area contributed by atoms with Crippen molar-refractivity contribution in [2.75, 3.05) is 12.3 Å². The van der Waals surface area contributed by atoms with Crippen LogP contribution in [-0.2, 0) is 9.53 Å². The molecule has 0 spiro atoms. The Morgan fingerprint density at radius 2 is 2.43 bits per heavy atom. The molecule has 1 aromatic heterocycles. The van der Waals surface area contributed by atoms with Gasteiger partial charge in [0, 0.05) is 0 Å². The van der Waals surface area contributed by atoms with Crippen LogP contribution in [0.3, 0.4) is 0 Å². The lowest BCUT2D eigenvalue weighted by atomic mass is 10.3. The van der Waals surface area contributed by atoms with Crippen molar-refractivity contribution in [3.05, 3.63) is 4.73 Å². The summed E-state index contributed by atoms with van der Waals surface area (Å²) in [5.74, 6) is -0.244. The topological polar surface area (TPSA) is 83.0 Å². The number of hydrogen-bond donors (Lipinski definition) is 1. The van der Waals surface area contributed by atoms with E-state index in [0.29, 0.717) is 11.3 Å². The highest BCUT2D eigenvalue weighted by Crippen LogP contribution is 2.15. The maximum Gasteiger partial charge on any atom is 0.330 e. The minimum Gasteiger partial charge on any atom is -0.464 e. The number of nitrogens with two attached hydrogens (primary N) is 1. The number of esters is 1. The van der Waals surface area contributed by atoms with Crippen molar-refractivity contribution in [1.29, 1.82) is 0 Å². The fourth-order valence-corrected chi connectivity index (χ4v) is 1.50. The first kappa shape index (κ1) is 11.0. The summed E-state index contributed by atoms with van der Waals surface area (Å²) in [6.07, 6.45) is 0. The number of rotatable bonds is 3. The summed E-state index contributed by atoms with van der Waals surface area (Å²) in [6, 6.07) is -0.533. The molecule has 1 aromatic rings. The molecule has 2 N–H and O–H groups in total. The van der Waals surface area contributed by atoms with Crippen LogP contribution in [0.4, 0.5) is 5.95 Å². The molecule has 1 rings (SSSR count). The molecule has 1 heterocycles. The fraction of sp³-hybridized carbons (Fsp3) is 0.571. The number of carbonyl (C=O) groups excluding carboxylic acids is 1. The highest BCUT2D eigenvalue weighted by molar-refractivity contribution is 9.10. The Kier molecular flexibility index (Phi) is 3.45. The molecule has 6 nitrogen and oxygen atoms in total. The zero-order valence-electron chi connectivity index (χ0n) is 7.90. The van der Waals surface area contributed by atoms with Gasteiger partial charge in [-0.25, -0.2) is 9.48 Å². The number of aromatic nitrogens is 3. The normalized spacial score (nSPS) is 12.5. The SMILES string of the molecule is CCOC(=O)C(C)n1nc(N)nc1Br. The van der Waals surface area contributed by atoms with Gasteiger partial charge in [-0.05, 0) is 29.8 Å². The Morgan fingerprint density at radius 1 is 1.79 bits per heavy atom. The van der Waals surface area contributed by atoms with Gasteiger partial charge >= 0.3 is 5.97 Å². The number of hydrogen-bond acceptors (Lipinski definition) is 5. The van der Waals surface area contributed by atoms with Crippen LogP contribution in [0.1, 0.15) is 19.9 Å². The zero-order valence-corrected chi connectivity index (χ0v) is 9.48. The molecule has 0 radical (unpaired) electrons. The maximum absolute atomic E-state index is 11.3. The molecule has 0 saturated carbocycles. The van der Waals surface area contributed by atoms with Crippen LogP contribution in [0, 0.1) is 0 Å². The first-order valence-corrected chi connectivity index (χ1v) is 4.89. The largest absolute Gasteiger partial charge is 0.464 e. The molecule has 14 heavy (non-hydrogen) atoms. The fourth-order valence-electron chi connectivity index (χ4n) is 0.929. The Bertz CT molecular complexity index is 338. The zero-order chi connectivity index (χ0) is 10.7. The standard InChI is InChI=1S/C7H11BrN4O2/c1-3-14-5(13)4(2)12-6(8)10-7(9)11-12/h4H,3H2,1-2H3,(H2,9,11). The molecule has 78 valence electrons. The third-order valence-electron chi connectivity index (χ3n) is 1.60. The van der Waals surface area contributed by atoms with E-state index in [0.717, 1.165) is 0 Å². The summed E-state index contributed by atoms with van der Waals surface area (Å²) >= 11 is 3.14. The smallest absolute Gasteiger partial charge is 0.330 e. The van der Waals surface area contributed by atoms with Crippen molar-refractivity contribution < 1.29 is 9.53 Å². The average molecular weight is 263 g/mol. The quantitative estimate of drug-likeness (QED) is 0.813.